The fourth-order valence-corrected chi connectivity index (χ4v) is 3.99. The van der Waals surface area contributed by atoms with Crippen molar-refractivity contribution in [2.75, 3.05) is 38.1 Å². The SMILES string of the molecule is CN=C(NC1CC1c1c(F)cccc1Cl)N1CCN(c2ccccn2)CC1. The number of hydrogen-bond donors (Lipinski definition) is 1. The molecule has 1 aromatic carbocycles. The zero-order valence-corrected chi connectivity index (χ0v) is 16.0. The number of guanidine groups is 1. The summed E-state index contributed by atoms with van der Waals surface area (Å²) in [5.74, 6) is 1.76. The highest BCUT2D eigenvalue weighted by molar-refractivity contribution is 6.31. The first-order chi connectivity index (χ1) is 13.2. The number of rotatable bonds is 3. The molecular weight excluding hydrogens is 365 g/mol. The molecular formula is C20H23ClFN5. The van der Waals surface area contributed by atoms with Gasteiger partial charge in [-0.15, -0.1) is 0 Å². The number of anilines is 1. The van der Waals surface area contributed by atoms with Crippen molar-refractivity contribution in [3.05, 3.63) is 59.0 Å². The van der Waals surface area contributed by atoms with Crippen LogP contribution >= 0.6 is 11.6 Å². The molecule has 0 spiro atoms. The van der Waals surface area contributed by atoms with Crippen LogP contribution in [0.1, 0.15) is 17.9 Å². The van der Waals surface area contributed by atoms with Crippen LogP contribution in [-0.2, 0) is 0 Å². The number of hydrogen-bond acceptors (Lipinski definition) is 3. The third kappa shape index (κ3) is 3.86. The third-order valence-electron chi connectivity index (χ3n) is 5.24. The fraction of sp³-hybridized carbons (Fsp3) is 0.400. The summed E-state index contributed by atoms with van der Waals surface area (Å²) in [5.41, 5.74) is 0.618. The number of aromatic nitrogens is 1. The Balaban J connectivity index is 1.35. The lowest BCUT2D eigenvalue weighted by Crippen LogP contribution is -2.53. The van der Waals surface area contributed by atoms with Gasteiger partial charge in [0.25, 0.3) is 0 Å². The zero-order chi connectivity index (χ0) is 18.8. The summed E-state index contributed by atoms with van der Waals surface area (Å²) in [4.78, 5) is 13.4. The van der Waals surface area contributed by atoms with Crippen molar-refractivity contribution in [2.24, 2.45) is 4.99 Å². The Morgan fingerprint density at radius 2 is 2.00 bits per heavy atom. The van der Waals surface area contributed by atoms with Crippen LogP contribution in [0.2, 0.25) is 5.02 Å². The summed E-state index contributed by atoms with van der Waals surface area (Å²) in [7, 11) is 1.79. The van der Waals surface area contributed by atoms with Gasteiger partial charge in [-0.05, 0) is 30.7 Å². The maximum absolute atomic E-state index is 14.1. The van der Waals surface area contributed by atoms with Gasteiger partial charge in [-0.3, -0.25) is 4.99 Å². The van der Waals surface area contributed by atoms with Gasteiger partial charge in [0.15, 0.2) is 5.96 Å². The van der Waals surface area contributed by atoms with E-state index in [2.05, 4.69) is 25.1 Å². The molecule has 4 rings (SSSR count). The molecule has 142 valence electrons. The van der Waals surface area contributed by atoms with E-state index in [9.17, 15) is 4.39 Å². The van der Waals surface area contributed by atoms with Crippen LogP contribution < -0.4 is 10.2 Å². The molecule has 0 amide bonds. The second kappa shape index (κ2) is 7.72. The van der Waals surface area contributed by atoms with Gasteiger partial charge in [-0.25, -0.2) is 9.37 Å². The topological polar surface area (TPSA) is 43.8 Å². The maximum atomic E-state index is 14.1. The molecule has 2 atom stereocenters. The van der Waals surface area contributed by atoms with Gasteiger partial charge >= 0.3 is 0 Å². The maximum Gasteiger partial charge on any atom is 0.194 e. The number of halogens is 2. The molecule has 7 heteroatoms. The van der Waals surface area contributed by atoms with Crippen LogP contribution in [0, 0.1) is 5.82 Å². The Morgan fingerprint density at radius 3 is 2.67 bits per heavy atom. The molecule has 27 heavy (non-hydrogen) atoms. The lowest BCUT2D eigenvalue weighted by Gasteiger charge is -2.37. The summed E-state index contributed by atoms with van der Waals surface area (Å²) < 4.78 is 14.1. The van der Waals surface area contributed by atoms with E-state index in [1.165, 1.54) is 6.07 Å². The summed E-state index contributed by atoms with van der Waals surface area (Å²) in [6.45, 7) is 3.53. The van der Waals surface area contributed by atoms with E-state index in [0.717, 1.165) is 44.4 Å². The van der Waals surface area contributed by atoms with Crippen molar-refractivity contribution in [3.8, 4) is 0 Å². The zero-order valence-electron chi connectivity index (χ0n) is 15.3. The van der Waals surface area contributed by atoms with Crippen LogP contribution in [-0.4, -0.2) is 55.1 Å². The average molecular weight is 388 g/mol. The number of piperazine rings is 1. The molecule has 1 saturated heterocycles. The molecule has 2 aromatic rings. The van der Waals surface area contributed by atoms with Crippen molar-refractivity contribution < 1.29 is 4.39 Å². The van der Waals surface area contributed by atoms with Crippen molar-refractivity contribution >= 4 is 23.4 Å². The second-order valence-corrected chi connectivity index (χ2v) is 7.34. The number of pyridine rings is 1. The van der Waals surface area contributed by atoms with Gasteiger partial charge in [0.05, 0.1) is 0 Å². The van der Waals surface area contributed by atoms with Gasteiger partial charge in [-0.1, -0.05) is 23.7 Å². The molecule has 1 aromatic heterocycles. The van der Waals surface area contributed by atoms with Crippen LogP contribution in [0.3, 0.4) is 0 Å². The lowest BCUT2D eigenvalue weighted by atomic mass is 10.1. The second-order valence-electron chi connectivity index (χ2n) is 6.94. The van der Waals surface area contributed by atoms with E-state index < -0.39 is 0 Å². The van der Waals surface area contributed by atoms with Gasteiger partial charge in [0.2, 0.25) is 0 Å². The summed E-state index contributed by atoms with van der Waals surface area (Å²) in [6.07, 6.45) is 2.69. The first-order valence-electron chi connectivity index (χ1n) is 9.25. The van der Waals surface area contributed by atoms with Gasteiger partial charge in [0.1, 0.15) is 11.6 Å². The molecule has 1 aliphatic carbocycles. The van der Waals surface area contributed by atoms with Crippen molar-refractivity contribution in [2.45, 2.75) is 18.4 Å². The minimum absolute atomic E-state index is 0.102. The van der Waals surface area contributed by atoms with E-state index in [0.29, 0.717) is 10.6 Å². The van der Waals surface area contributed by atoms with Crippen molar-refractivity contribution in [1.82, 2.24) is 15.2 Å². The van der Waals surface area contributed by atoms with Crippen LogP contribution in [0.15, 0.2) is 47.6 Å². The van der Waals surface area contributed by atoms with Crippen LogP contribution in [0.25, 0.3) is 0 Å². The Morgan fingerprint density at radius 1 is 1.19 bits per heavy atom. The Labute approximate surface area is 163 Å². The van der Waals surface area contributed by atoms with Crippen molar-refractivity contribution in [1.29, 1.82) is 0 Å². The first-order valence-corrected chi connectivity index (χ1v) is 9.63. The Kier molecular flexibility index (Phi) is 5.16. The summed E-state index contributed by atoms with van der Waals surface area (Å²) in [6, 6.07) is 11.0. The van der Waals surface area contributed by atoms with E-state index >= 15 is 0 Å². The quantitative estimate of drug-likeness (QED) is 0.649. The van der Waals surface area contributed by atoms with Crippen LogP contribution in [0.5, 0.6) is 0 Å². The predicted octanol–water partition coefficient (Wildman–Crippen LogP) is 3.13. The standard InChI is InChI=1S/C20H23ClFN5/c1-23-20(25-17-13-14(17)19-15(21)5-4-6-16(19)22)27-11-9-26(10-12-27)18-7-2-3-8-24-18/h2-8,14,17H,9-13H2,1H3,(H,23,25). The molecule has 0 radical (unpaired) electrons. The highest BCUT2D eigenvalue weighted by Gasteiger charge is 2.42. The van der Waals surface area contributed by atoms with E-state index in [1.54, 1.807) is 19.2 Å². The Bertz CT molecular complexity index is 800. The van der Waals surface area contributed by atoms with E-state index in [1.807, 2.05) is 24.4 Å². The van der Waals surface area contributed by atoms with E-state index in [-0.39, 0.29) is 17.8 Å². The molecule has 1 saturated carbocycles. The number of aliphatic imine (C=N–C) groups is 1. The molecule has 1 N–H and O–H groups in total. The molecule has 2 fully saturated rings. The fourth-order valence-electron chi connectivity index (χ4n) is 3.69. The highest BCUT2D eigenvalue weighted by atomic mass is 35.5. The highest BCUT2D eigenvalue weighted by Crippen LogP contribution is 2.45. The smallest absolute Gasteiger partial charge is 0.194 e. The van der Waals surface area contributed by atoms with Gasteiger partial charge in [0, 0.05) is 62.0 Å². The molecule has 2 heterocycles. The molecule has 2 aliphatic rings. The number of nitrogens with one attached hydrogen (secondary N) is 1. The third-order valence-corrected chi connectivity index (χ3v) is 5.57. The first kappa shape index (κ1) is 18.0. The minimum atomic E-state index is -0.226. The predicted molar refractivity (Wildman–Crippen MR) is 107 cm³/mol. The monoisotopic (exact) mass is 387 g/mol. The minimum Gasteiger partial charge on any atom is -0.353 e. The molecule has 1 aliphatic heterocycles. The number of nitrogens with zero attached hydrogens (tertiary/aromatic N) is 4. The Hall–Kier alpha value is -2.34. The molecule has 5 nitrogen and oxygen atoms in total. The normalized spacial score (nSPS) is 22.7. The van der Waals surface area contributed by atoms with Crippen molar-refractivity contribution in [3.63, 3.8) is 0 Å². The summed E-state index contributed by atoms with van der Waals surface area (Å²) in [5, 5.41) is 3.99. The molecule has 2 unspecified atom stereocenters. The summed E-state index contributed by atoms with van der Waals surface area (Å²) >= 11 is 6.20. The van der Waals surface area contributed by atoms with Gasteiger partial charge < -0.3 is 15.1 Å². The molecule has 0 bridgehead atoms. The number of benzene rings is 1. The van der Waals surface area contributed by atoms with E-state index in [4.69, 9.17) is 11.6 Å². The van der Waals surface area contributed by atoms with Crippen LogP contribution in [0.4, 0.5) is 10.2 Å². The van der Waals surface area contributed by atoms with Gasteiger partial charge in [-0.2, -0.15) is 0 Å². The average Bonchev–Trinajstić information content (AvgIpc) is 3.45. The largest absolute Gasteiger partial charge is 0.353 e. The lowest BCUT2D eigenvalue weighted by molar-refractivity contribution is 0.371.